The maximum absolute atomic E-state index is 13.7. The van der Waals surface area contributed by atoms with E-state index < -0.39 is 6.14 Å². The summed E-state index contributed by atoms with van der Waals surface area (Å²) >= 11 is 0. The van der Waals surface area contributed by atoms with Crippen molar-refractivity contribution in [1.29, 1.82) is 0 Å². The highest BCUT2D eigenvalue weighted by Gasteiger charge is 2.23. The lowest BCUT2D eigenvalue weighted by molar-refractivity contribution is 0.355. The number of benzene rings is 2. The molecule has 6 heteroatoms. The molecule has 5 nitrogen and oxygen atoms in total. The fraction of sp³-hybridized carbons (Fsp3) is 0.318. The number of oxazole rings is 1. The van der Waals surface area contributed by atoms with Crippen LogP contribution in [0.2, 0.25) is 0 Å². The zero-order valence-electron chi connectivity index (χ0n) is 16.7. The molecule has 0 bridgehead atoms. The van der Waals surface area contributed by atoms with Gasteiger partial charge in [0.25, 0.3) is 0 Å². The van der Waals surface area contributed by atoms with Gasteiger partial charge in [0.1, 0.15) is 11.3 Å². The predicted molar refractivity (Wildman–Crippen MR) is 107 cm³/mol. The van der Waals surface area contributed by atoms with Crippen LogP contribution in [-0.4, -0.2) is 19.7 Å². The molecule has 0 N–H and O–H groups in total. The summed E-state index contributed by atoms with van der Waals surface area (Å²) in [4.78, 5) is 8.60. The fourth-order valence-electron chi connectivity index (χ4n) is 3.60. The van der Waals surface area contributed by atoms with Crippen molar-refractivity contribution in [1.82, 2.24) is 19.7 Å². The molecule has 0 saturated carbocycles. The van der Waals surface area contributed by atoms with E-state index in [1.54, 1.807) is 6.07 Å². The monoisotopic (exact) mass is 378 g/mol. The van der Waals surface area contributed by atoms with Crippen molar-refractivity contribution in [2.75, 3.05) is 0 Å². The molecule has 0 amide bonds. The molecule has 144 valence electrons. The Kier molecular flexibility index (Phi) is 4.49. The molecule has 2 aromatic heterocycles. The van der Waals surface area contributed by atoms with Crippen LogP contribution in [-0.2, 0) is 0 Å². The van der Waals surface area contributed by atoms with Crippen LogP contribution >= 0.6 is 0 Å². The summed E-state index contributed by atoms with van der Waals surface area (Å²) in [6.45, 7) is 10.5. The van der Waals surface area contributed by atoms with Gasteiger partial charge in [-0.1, -0.05) is 52.0 Å². The number of nitrogens with zero attached hydrogens (tertiary/aromatic N) is 4. The van der Waals surface area contributed by atoms with E-state index in [9.17, 15) is 4.39 Å². The number of aromatic nitrogens is 4. The Hall–Kier alpha value is -3.02. The third kappa shape index (κ3) is 2.99. The second-order valence-corrected chi connectivity index (χ2v) is 7.61. The summed E-state index contributed by atoms with van der Waals surface area (Å²) in [6, 6.07) is 11.7. The minimum atomic E-state index is -0.851. The van der Waals surface area contributed by atoms with E-state index in [1.807, 2.05) is 23.7 Å². The van der Waals surface area contributed by atoms with E-state index in [2.05, 4.69) is 55.9 Å². The van der Waals surface area contributed by atoms with Gasteiger partial charge in [0.2, 0.25) is 0 Å². The summed E-state index contributed by atoms with van der Waals surface area (Å²) in [7, 11) is 0. The van der Waals surface area contributed by atoms with E-state index in [0.717, 1.165) is 5.69 Å². The number of aryl methyl sites for hydroxylation is 1. The van der Waals surface area contributed by atoms with Crippen molar-refractivity contribution in [2.45, 2.75) is 46.5 Å². The molecule has 4 rings (SSSR count). The average Bonchev–Trinajstić information content (AvgIpc) is 3.22. The number of halogens is 1. The van der Waals surface area contributed by atoms with Gasteiger partial charge in [-0.3, -0.25) is 0 Å². The lowest BCUT2D eigenvalue weighted by atomic mass is 9.92. The first-order valence-electron chi connectivity index (χ1n) is 9.49. The van der Waals surface area contributed by atoms with Crippen LogP contribution in [0.4, 0.5) is 4.39 Å². The van der Waals surface area contributed by atoms with Crippen LogP contribution in [0, 0.1) is 13.1 Å². The van der Waals surface area contributed by atoms with E-state index in [0.29, 0.717) is 40.1 Å². The Balaban J connectivity index is 2.05. The third-order valence-electron chi connectivity index (χ3n) is 4.90. The fourth-order valence-corrected chi connectivity index (χ4v) is 3.60. The summed E-state index contributed by atoms with van der Waals surface area (Å²) in [5.41, 5.74) is 4.94. The molecule has 0 aliphatic carbocycles. The van der Waals surface area contributed by atoms with Crippen LogP contribution in [0.3, 0.4) is 0 Å². The topological polar surface area (TPSA) is 56.7 Å². The van der Waals surface area contributed by atoms with Gasteiger partial charge in [0.15, 0.2) is 11.4 Å². The zero-order valence-corrected chi connectivity index (χ0v) is 16.7. The molecule has 0 radical (unpaired) electrons. The summed E-state index contributed by atoms with van der Waals surface area (Å²) < 4.78 is 20.6. The molecule has 0 saturated heterocycles. The molecule has 0 atom stereocenters. The van der Waals surface area contributed by atoms with E-state index in [4.69, 9.17) is 9.52 Å². The lowest BCUT2D eigenvalue weighted by Gasteiger charge is -2.20. The van der Waals surface area contributed by atoms with E-state index in [1.165, 1.54) is 11.1 Å². The molecule has 0 unspecified atom stereocenters. The number of para-hydroxylation sites is 2. The summed E-state index contributed by atoms with van der Waals surface area (Å²) in [5.74, 6) is 1.90. The molecule has 2 aromatic carbocycles. The van der Waals surface area contributed by atoms with Crippen LogP contribution in [0.1, 0.15) is 56.5 Å². The van der Waals surface area contributed by atoms with Crippen LogP contribution in [0.5, 0.6) is 0 Å². The molecular weight excluding hydrogens is 355 g/mol. The smallest absolute Gasteiger partial charge is 0.382 e. The summed E-state index contributed by atoms with van der Waals surface area (Å²) in [6.07, 6.45) is -0.851. The van der Waals surface area contributed by atoms with Gasteiger partial charge < -0.3 is 4.42 Å². The standard InChI is InChI=1S/C22H23FN4O/c1-12(2)15-8-6-9-16(13(3)4)20(15)27-21(24-14(5)26-27)17-10-7-11-18-19(17)25-22(23)28-18/h6-13H,1-5H3. The van der Waals surface area contributed by atoms with Gasteiger partial charge in [0.05, 0.1) is 5.69 Å². The van der Waals surface area contributed by atoms with Crippen LogP contribution in [0.15, 0.2) is 40.8 Å². The van der Waals surface area contributed by atoms with Gasteiger partial charge in [-0.05, 0) is 42.0 Å². The second kappa shape index (κ2) is 6.86. The largest absolute Gasteiger partial charge is 0.415 e. The highest BCUT2D eigenvalue weighted by Crippen LogP contribution is 2.35. The zero-order chi connectivity index (χ0) is 20.0. The third-order valence-corrected chi connectivity index (χ3v) is 4.90. The SMILES string of the molecule is Cc1nc(-c2cccc3oc(F)nc23)n(-c2c(C(C)C)cccc2C(C)C)n1. The van der Waals surface area contributed by atoms with Crippen molar-refractivity contribution >= 4 is 11.1 Å². The molecular formula is C22H23FN4O. The van der Waals surface area contributed by atoms with Gasteiger partial charge in [0, 0.05) is 5.56 Å². The quantitative estimate of drug-likeness (QED) is 0.452. The highest BCUT2D eigenvalue weighted by atomic mass is 19.1. The first kappa shape index (κ1) is 18.3. The van der Waals surface area contributed by atoms with E-state index >= 15 is 0 Å². The highest BCUT2D eigenvalue weighted by molar-refractivity contribution is 5.89. The number of rotatable bonds is 4. The molecule has 0 spiro atoms. The van der Waals surface area contributed by atoms with Crippen molar-refractivity contribution < 1.29 is 8.81 Å². The minimum Gasteiger partial charge on any atom is -0.415 e. The Morgan fingerprint density at radius 3 is 2.21 bits per heavy atom. The molecule has 0 aliphatic heterocycles. The number of fused-ring (bicyclic) bond motifs is 1. The van der Waals surface area contributed by atoms with Crippen LogP contribution in [0.25, 0.3) is 28.2 Å². The van der Waals surface area contributed by atoms with Gasteiger partial charge >= 0.3 is 6.14 Å². The molecule has 4 aromatic rings. The average molecular weight is 378 g/mol. The van der Waals surface area contributed by atoms with Gasteiger partial charge in [-0.15, -0.1) is 4.39 Å². The maximum atomic E-state index is 13.7. The Labute approximate surface area is 163 Å². The number of hydrogen-bond donors (Lipinski definition) is 0. The van der Waals surface area contributed by atoms with Crippen molar-refractivity contribution in [3.05, 3.63) is 59.5 Å². The second-order valence-electron chi connectivity index (χ2n) is 7.61. The van der Waals surface area contributed by atoms with E-state index in [-0.39, 0.29) is 0 Å². The summed E-state index contributed by atoms with van der Waals surface area (Å²) in [5, 5.41) is 4.71. The normalized spacial score (nSPS) is 11.9. The minimum absolute atomic E-state index is 0.311. The first-order chi connectivity index (χ1) is 13.4. The Morgan fingerprint density at radius 2 is 1.57 bits per heavy atom. The number of hydrogen-bond acceptors (Lipinski definition) is 4. The van der Waals surface area contributed by atoms with Gasteiger partial charge in [-0.25, -0.2) is 9.67 Å². The van der Waals surface area contributed by atoms with Gasteiger partial charge in [-0.2, -0.15) is 10.1 Å². The molecule has 0 fully saturated rings. The van der Waals surface area contributed by atoms with Crippen LogP contribution < -0.4 is 0 Å². The molecule has 0 aliphatic rings. The Morgan fingerprint density at radius 1 is 0.929 bits per heavy atom. The maximum Gasteiger partial charge on any atom is 0.382 e. The van der Waals surface area contributed by atoms with Crippen molar-refractivity contribution in [3.8, 4) is 17.1 Å². The first-order valence-corrected chi connectivity index (χ1v) is 9.49. The molecule has 28 heavy (non-hydrogen) atoms. The lowest BCUT2D eigenvalue weighted by Crippen LogP contribution is -2.10. The molecule has 2 heterocycles. The van der Waals surface area contributed by atoms with Crippen molar-refractivity contribution in [3.63, 3.8) is 0 Å². The van der Waals surface area contributed by atoms with Crippen molar-refractivity contribution in [2.24, 2.45) is 0 Å². The predicted octanol–water partition coefficient (Wildman–Crippen LogP) is 5.77. The Bertz CT molecular complexity index is 1130.